The highest BCUT2D eigenvalue weighted by atomic mass is 19.1. The van der Waals surface area contributed by atoms with Gasteiger partial charge in [-0.15, -0.1) is 0 Å². The summed E-state index contributed by atoms with van der Waals surface area (Å²) in [4.78, 5) is 13.1. The normalized spacial score (nSPS) is 11.5. The van der Waals surface area contributed by atoms with Crippen LogP contribution in [0.3, 0.4) is 0 Å². The molecule has 0 aromatic heterocycles. The van der Waals surface area contributed by atoms with E-state index < -0.39 is 11.7 Å². The van der Waals surface area contributed by atoms with Crippen molar-refractivity contribution >= 4 is 5.78 Å². The van der Waals surface area contributed by atoms with Gasteiger partial charge in [0.1, 0.15) is 11.9 Å². The van der Waals surface area contributed by atoms with Crippen molar-refractivity contribution in [3.8, 4) is 6.07 Å². The Bertz CT molecular complexity index is 898. The number of hydrogen-bond donors (Lipinski definition) is 0. The number of hydrogen-bond acceptors (Lipinski definition) is 2. The van der Waals surface area contributed by atoms with Crippen LogP contribution in [0.25, 0.3) is 0 Å². The van der Waals surface area contributed by atoms with Crippen molar-refractivity contribution in [2.45, 2.75) is 5.92 Å². The van der Waals surface area contributed by atoms with Crippen molar-refractivity contribution < 1.29 is 9.18 Å². The second kappa shape index (κ2) is 6.89. The maximum atomic E-state index is 14.1. The van der Waals surface area contributed by atoms with E-state index in [9.17, 15) is 14.4 Å². The number of halogens is 1. The summed E-state index contributed by atoms with van der Waals surface area (Å²) in [5.41, 5.74) is 1.56. The van der Waals surface area contributed by atoms with Crippen LogP contribution < -0.4 is 0 Å². The number of ketones is 1. The standard InChI is InChI=1S/C21H14FNO/c22-19-13-7-12-17(18(19)14-23)20(15-8-3-1-4-9-15)21(24)16-10-5-2-6-11-16/h1-13,20H. The van der Waals surface area contributed by atoms with E-state index in [-0.39, 0.29) is 11.3 Å². The topological polar surface area (TPSA) is 40.9 Å². The van der Waals surface area contributed by atoms with Gasteiger partial charge in [-0.1, -0.05) is 72.8 Å². The largest absolute Gasteiger partial charge is 0.293 e. The lowest BCUT2D eigenvalue weighted by molar-refractivity contribution is 0.0973. The average Bonchev–Trinajstić information content (AvgIpc) is 2.64. The molecule has 0 N–H and O–H groups in total. The van der Waals surface area contributed by atoms with E-state index in [1.54, 1.807) is 30.3 Å². The summed E-state index contributed by atoms with van der Waals surface area (Å²) < 4.78 is 14.1. The molecule has 3 heteroatoms. The van der Waals surface area contributed by atoms with Crippen LogP contribution in [0.5, 0.6) is 0 Å². The quantitative estimate of drug-likeness (QED) is 0.654. The van der Waals surface area contributed by atoms with Gasteiger partial charge in [-0.25, -0.2) is 4.39 Å². The summed E-state index contributed by atoms with van der Waals surface area (Å²) in [6.07, 6.45) is 0. The second-order valence-electron chi connectivity index (χ2n) is 5.39. The zero-order chi connectivity index (χ0) is 16.9. The first kappa shape index (κ1) is 15.6. The van der Waals surface area contributed by atoms with Crippen LogP contribution in [-0.4, -0.2) is 5.78 Å². The molecule has 116 valence electrons. The zero-order valence-electron chi connectivity index (χ0n) is 12.8. The number of rotatable bonds is 4. The van der Waals surface area contributed by atoms with Crippen LogP contribution in [0, 0.1) is 17.1 Å². The highest BCUT2D eigenvalue weighted by molar-refractivity contribution is 6.03. The van der Waals surface area contributed by atoms with Gasteiger partial charge in [-0.2, -0.15) is 5.26 Å². The van der Waals surface area contributed by atoms with Crippen LogP contribution in [-0.2, 0) is 0 Å². The molecule has 0 fully saturated rings. The van der Waals surface area contributed by atoms with E-state index in [0.717, 1.165) is 5.56 Å². The first-order valence-electron chi connectivity index (χ1n) is 7.55. The summed E-state index contributed by atoms with van der Waals surface area (Å²) in [5.74, 6) is -1.50. The van der Waals surface area contributed by atoms with E-state index in [2.05, 4.69) is 0 Å². The van der Waals surface area contributed by atoms with Crippen molar-refractivity contribution in [1.29, 1.82) is 5.26 Å². The molecule has 0 heterocycles. The molecule has 1 atom stereocenters. The third-order valence-corrected chi connectivity index (χ3v) is 3.92. The maximum absolute atomic E-state index is 14.1. The van der Waals surface area contributed by atoms with Crippen molar-refractivity contribution in [3.63, 3.8) is 0 Å². The van der Waals surface area contributed by atoms with Crippen molar-refractivity contribution in [2.75, 3.05) is 0 Å². The number of Topliss-reactive ketones (excluding diaryl/α,β-unsaturated/α-hetero) is 1. The van der Waals surface area contributed by atoms with Crippen LogP contribution >= 0.6 is 0 Å². The fourth-order valence-corrected chi connectivity index (χ4v) is 2.79. The summed E-state index contributed by atoms with van der Waals surface area (Å²) in [6, 6.07) is 24.3. The van der Waals surface area contributed by atoms with Crippen LogP contribution in [0.1, 0.15) is 33.0 Å². The number of benzene rings is 3. The maximum Gasteiger partial charge on any atom is 0.174 e. The number of carbonyl (C=O) groups is 1. The van der Waals surface area contributed by atoms with Crippen molar-refractivity contribution in [3.05, 3.63) is 107 Å². The van der Waals surface area contributed by atoms with Gasteiger partial charge in [0, 0.05) is 5.56 Å². The molecule has 1 unspecified atom stereocenters. The molecular weight excluding hydrogens is 301 g/mol. The lowest BCUT2D eigenvalue weighted by atomic mass is 9.82. The zero-order valence-corrected chi connectivity index (χ0v) is 12.8. The van der Waals surface area contributed by atoms with Gasteiger partial charge in [-0.05, 0) is 17.2 Å². The molecule has 0 amide bonds. The summed E-state index contributed by atoms with van der Waals surface area (Å²) >= 11 is 0. The molecule has 0 saturated carbocycles. The first-order chi connectivity index (χ1) is 11.7. The lowest BCUT2D eigenvalue weighted by Gasteiger charge is -2.18. The second-order valence-corrected chi connectivity index (χ2v) is 5.39. The Morgan fingerprint density at radius 2 is 1.50 bits per heavy atom. The van der Waals surface area contributed by atoms with Gasteiger partial charge in [0.2, 0.25) is 0 Å². The van der Waals surface area contributed by atoms with E-state index >= 15 is 0 Å². The van der Waals surface area contributed by atoms with Crippen LogP contribution in [0.15, 0.2) is 78.9 Å². The van der Waals surface area contributed by atoms with Crippen LogP contribution in [0.2, 0.25) is 0 Å². The van der Waals surface area contributed by atoms with Gasteiger partial charge < -0.3 is 0 Å². The SMILES string of the molecule is N#Cc1c(F)cccc1C(C(=O)c1ccccc1)c1ccccc1. The van der Waals surface area contributed by atoms with Crippen molar-refractivity contribution in [1.82, 2.24) is 0 Å². The fraction of sp³-hybridized carbons (Fsp3) is 0.0476. The number of carbonyl (C=O) groups excluding carboxylic acids is 1. The highest BCUT2D eigenvalue weighted by Gasteiger charge is 2.27. The summed E-state index contributed by atoms with van der Waals surface area (Å²) in [6.45, 7) is 0. The summed E-state index contributed by atoms with van der Waals surface area (Å²) in [5, 5.41) is 9.35. The van der Waals surface area contributed by atoms with Gasteiger partial charge in [0.25, 0.3) is 0 Å². The van der Waals surface area contributed by atoms with E-state index in [1.807, 2.05) is 42.5 Å². The Morgan fingerprint density at radius 3 is 2.12 bits per heavy atom. The molecule has 0 aliphatic carbocycles. The molecule has 2 nitrogen and oxygen atoms in total. The average molecular weight is 315 g/mol. The third kappa shape index (κ3) is 2.95. The smallest absolute Gasteiger partial charge is 0.174 e. The van der Waals surface area contributed by atoms with Gasteiger partial charge >= 0.3 is 0 Å². The van der Waals surface area contributed by atoms with Gasteiger partial charge in [0.05, 0.1) is 11.5 Å². The summed E-state index contributed by atoms with van der Waals surface area (Å²) in [7, 11) is 0. The first-order valence-corrected chi connectivity index (χ1v) is 7.55. The van der Waals surface area contributed by atoms with Gasteiger partial charge in [0.15, 0.2) is 5.78 Å². The number of nitriles is 1. The van der Waals surface area contributed by atoms with E-state index in [1.165, 1.54) is 12.1 Å². The third-order valence-electron chi connectivity index (χ3n) is 3.92. The molecule has 0 saturated heterocycles. The van der Waals surface area contributed by atoms with Gasteiger partial charge in [-0.3, -0.25) is 4.79 Å². The molecule has 0 bridgehead atoms. The molecule has 0 radical (unpaired) electrons. The molecule has 3 aromatic carbocycles. The van der Waals surface area contributed by atoms with E-state index in [4.69, 9.17) is 0 Å². The van der Waals surface area contributed by atoms with Crippen LogP contribution in [0.4, 0.5) is 4.39 Å². The minimum absolute atomic E-state index is 0.0874. The lowest BCUT2D eigenvalue weighted by Crippen LogP contribution is -2.16. The highest BCUT2D eigenvalue weighted by Crippen LogP contribution is 2.31. The Labute approximate surface area is 139 Å². The monoisotopic (exact) mass is 315 g/mol. The molecule has 0 spiro atoms. The Hall–Kier alpha value is -3.25. The molecule has 0 aliphatic heterocycles. The molecular formula is C21H14FNO. The Kier molecular flexibility index (Phi) is 4.49. The number of nitrogens with zero attached hydrogens (tertiary/aromatic N) is 1. The Morgan fingerprint density at radius 1 is 0.875 bits per heavy atom. The molecule has 0 aliphatic rings. The van der Waals surface area contributed by atoms with Crippen molar-refractivity contribution in [2.24, 2.45) is 0 Å². The molecule has 3 aromatic rings. The minimum Gasteiger partial charge on any atom is -0.293 e. The molecule has 3 rings (SSSR count). The predicted octanol–water partition coefficient (Wildman–Crippen LogP) is 4.71. The molecule has 24 heavy (non-hydrogen) atoms. The minimum atomic E-state index is -0.723. The predicted molar refractivity (Wildman–Crippen MR) is 90.2 cm³/mol. The Balaban J connectivity index is 2.20. The fourth-order valence-electron chi connectivity index (χ4n) is 2.79. The van der Waals surface area contributed by atoms with E-state index in [0.29, 0.717) is 11.1 Å².